The van der Waals surface area contributed by atoms with Gasteiger partial charge in [-0.15, -0.1) is 0 Å². The minimum absolute atomic E-state index is 0.113. The molecule has 0 bridgehead atoms. The monoisotopic (exact) mass is 253 g/mol. The van der Waals surface area contributed by atoms with Gasteiger partial charge < -0.3 is 5.32 Å². The average molecular weight is 253 g/mol. The fourth-order valence-electron chi connectivity index (χ4n) is 2.40. The molecule has 6 heteroatoms. The number of rotatable bonds is 6. The highest BCUT2D eigenvalue weighted by atomic mass is 32.1. The van der Waals surface area contributed by atoms with Gasteiger partial charge in [0, 0.05) is 6.54 Å². The van der Waals surface area contributed by atoms with Crippen molar-refractivity contribution < 1.29 is 4.92 Å². The lowest BCUT2D eigenvalue weighted by Crippen LogP contribution is -2.18. The van der Waals surface area contributed by atoms with E-state index in [2.05, 4.69) is 10.3 Å². The molecular weight excluding hydrogens is 238 g/mol. The third-order valence-corrected chi connectivity index (χ3v) is 4.52. The van der Waals surface area contributed by atoms with E-state index in [-0.39, 0.29) is 9.92 Å². The minimum Gasteiger partial charge on any atom is -0.361 e. The zero-order valence-corrected chi connectivity index (χ0v) is 10.3. The fourth-order valence-corrected chi connectivity index (χ4v) is 3.04. The number of hydrogen-bond donors (Lipinski definition) is 1. The van der Waals surface area contributed by atoms with Crippen LogP contribution >= 0.6 is 11.3 Å². The van der Waals surface area contributed by atoms with Gasteiger partial charge in [0.05, 0.1) is 4.92 Å². The van der Waals surface area contributed by atoms with Crippen molar-refractivity contribution in [2.45, 2.75) is 25.7 Å². The number of nitro groups is 1. The molecule has 1 heterocycles. The van der Waals surface area contributed by atoms with Crippen molar-refractivity contribution in [1.29, 1.82) is 0 Å². The first-order valence-corrected chi connectivity index (χ1v) is 6.90. The molecule has 0 aromatic carbocycles. The molecule has 92 valence electrons. The van der Waals surface area contributed by atoms with Crippen molar-refractivity contribution in [1.82, 2.24) is 4.98 Å². The van der Waals surface area contributed by atoms with Crippen molar-refractivity contribution in [3.8, 4) is 0 Å². The zero-order chi connectivity index (χ0) is 11.8. The molecule has 17 heavy (non-hydrogen) atoms. The standard InChI is InChI=1S/C11H15N3O2S/c15-14(16)10-6-13-11(17-10)12-5-9(7-1-2-7)8-3-4-8/h6-9H,1-5H2,(H,12,13). The molecule has 0 unspecified atom stereocenters. The number of hydrogen-bond acceptors (Lipinski definition) is 5. The second-order valence-corrected chi connectivity index (χ2v) is 5.99. The Morgan fingerprint density at radius 1 is 1.47 bits per heavy atom. The van der Waals surface area contributed by atoms with Crippen LogP contribution in [0.25, 0.3) is 0 Å². The summed E-state index contributed by atoms with van der Waals surface area (Å²) in [6.45, 7) is 0.931. The molecule has 0 amide bonds. The normalized spacial score (nSPS) is 19.6. The second kappa shape index (κ2) is 4.25. The third kappa shape index (κ3) is 2.57. The highest BCUT2D eigenvalue weighted by Crippen LogP contribution is 2.49. The SMILES string of the molecule is O=[N+]([O-])c1cnc(NCC(C2CC2)C2CC2)s1. The average Bonchev–Trinajstić information content (AvgIpc) is 3.20. The Morgan fingerprint density at radius 2 is 2.12 bits per heavy atom. The van der Waals surface area contributed by atoms with Crippen LogP contribution in [0, 0.1) is 27.9 Å². The van der Waals surface area contributed by atoms with Gasteiger partial charge in [-0.25, -0.2) is 4.98 Å². The van der Waals surface area contributed by atoms with Gasteiger partial charge in [0.25, 0.3) is 0 Å². The van der Waals surface area contributed by atoms with Crippen LogP contribution < -0.4 is 5.32 Å². The number of nitrogens with one attached hydrogen (secondary N) is 1. The maximum absolute atomic E-state index is 10.5. The predicted molar refractivity (Wildman–Crippen MR) is 66.2 cm³/mol. The maximum atomic E-state index is 10.5. The van der Waals surface area contributed by atoms with E-state index in [1.54, 1.807) is 0 Å². The molecule has 0 atom stereocenters. The Morgan fingerprint density at radius 3 is 2.59 bits per heavy atom. The van der Waals surface area contributed by atoms with Crippen LogP contribution in [0.2, 0.25) is 0 Å². The van der Waals surface area contributed by atoms with E-state index in [1.807, 2.05) is 0 Å². The summed E-state index contributed by atoms with van der Waals surface area (Å²) in [5.41, 5.74) is 0. The van der Waals surface area contributed by atoms with Crippen LogP contribution in [0.3, 0.4) is 0 Å². The van der Waals surface area contributed by atoms with Crippen molar-refractivity contribution in [3.63, 3.8) is 0 Å². The van der Waals surface area contributed by atoms with Crippen LogP contribution in [0.15, 0.2) is 6.20 Å². The molecule has 5 nitrogen and oxygen atoms in total. The summed E-state index contributed by atoms with van der Waals surface area (Å²) in [7, 11) is 0. The molecule has 1 aromatic heterocycles. The first kappa shape index (κ1) is 11.0. The van der Waals surface area contributed by atoms with Crippen LogP contribution in [0.5, 0.6) is 0 Å². The molecule has 1 N–H and O–H groups in total. The van der Waals surface area contributed by atoms with Crippen molar-refractivity contribution >= 4 is 21.5 Å². The van der Waals surface area contributed by atoms with Crippen molar-refractivity contribution in [2.24, 2.45) is 17.8 Å². The Bertz CT molecular complexity index is 414. The molecule has 2 aliphatic carbocycles. The van der Waals surface area contributed by atoms with Gasteiger partial charge in [-0.05, 0) is 54.8 Å². The largest absolute Gasteiger partial charge is 0.361 e. The topological polar surface area (TPSA) is 68.1 Å². The number of thiazole rings is 1. The first-order chi connectivity index (χ1) is 8.24. The predicted octanol–water partition coefficient (Wildman–Crippen LogP) is 2.90. The van der Waals surface area contributed by atoms with E-state index < -0.39 is 0 Å². The lowest BCUT2D eigenvalue weighted by Gasteiger charge is -2.15. The lowest BCUT2D eigenvalue weighted by atomic mass is 9.98. The van der Waals surface area contributed by atoms with E-state index in [9.17, 15) is 10.1 Å². The fraction of sp³-hybridized carbons (Fsp3) is 0.727. The van der Waals surface area contributed by atoms with Crippen molar-refractivity contribution in [3.05, 3.63) is 16.3 Å². The molecule has 3 rings (SSSR count). The Balaban J connectivity index is 1.56. The quantitative estimate of drug-likeness (QED) is 0.625. The Kier molecular flexibility index (Phi) is 2.74. The molecule has 0 aliphatic heterocycles. The molecule has 2 saturated carbocycles. The first-order valence-electron chi connectivity index (χ1n) is 6.08. The van der Waals surface area contributed by atoms with Gasteiger partial charge in [0.2, 0.25) is 0 Å². The summed E-state index contributed by atoms with van der Waals surface area (Å²) in [4.78, 5) is 14.2. The smallest absolute Gasteiger partial charge is 0.345 e. The summed E-state index contributed by atoms with van der Waals surface area (Å²) < 4.78 is 0. The zero-order valence-electron chi connectivity index (χ0n) is 9.46. The summed E-state index contributed by atoms with van der Waals surface area (Å²) in [5.74, 6) is 2.55. The van der Waals surface area contributed by atoms with Gasteiger partial charge in [0.1, 0.15) is 6.20 Å². The molecule has 2 fully saturated rings. The molecule has 1 aromatic rings. The van der Waals surface area contributed by atoms with E-state index in [0.29, 0.717) is 5.13 Å². The highest BCUT2D eigenvalue weighted by molar-refractivity contribution is 7.18. The summed E-state index contributed by atoms with van der Waals surface area (Å²) in [5, 5.41) is 14.6. The van der Waals surface area contributed by atoms with E-state index in [1.165, 1.54) is 31.9 Å². The van der Waals surface area contributed by atoms with Crippen molar-refractivity contribution in [2.75, 3.05) is 11.9 Å². The van der Waals surface area contributed by atoms with Gasteiger partial charge in [-0.2, -0.15) is 0 Å². The lowest BCUT2D eigenvalue weighted by molar-refractivity contribution is -0.380. The Hall–Kier alpha value is -1.17. The van der Waals surface area contributed by atoms with Crippen LogP contribution in [-0.2, 0) is 0 Å². The molecule has 0 spiro atoms. The van der Waals surface area contributed by atoms with Crippen LogP contribution in [0.1, 0.15) is 25.7 Å². The van der Waals surface area contributed by atoms with Crippen LogP contribution in [-0.4, -0.2) is 16.5 Å². The van der Waals surface area contributed by atoms with Gasteiger partial charge in [-0.3, -0.25) is 10.1 Å². The Labute approximate surface area is 103 Å². The second-order valence-electron chi connectivity index (χ2n) is 4.98. The van der Waals surface area contributed by atoms with Gasteiger partial charge in [0.15, 0.2) is 5.13 Å². The van der Waals surface area contributed by atoms with Gasteiger partial charge >= 0.3 is 5.00 Å². The summed E-state index contributed by atoms with van der Waals surface area (Å²) in [6, 6.07) is 0. The van der Waals surface area contributed by atoms with E-state index >= 15 is 0 Å². The number of aromatic nitrogens is 1. The van der Waals surface area contributed by atoms with Crippen LogP contribution in [0.4, 0.5) is 10.1 Å². The number of anilines is 1. The van der Waals surface area contributed by atoms with E-state index in [0.717, 1.165) is 35.6 Å². The third-order valence-electron chi connectivity index (χ3n) is 3.62. The number of nitrogens with zero attached hydrogens (tertiary/aromatic N) is 2. The maximum Gasteiger partial charge on any atom is 0.345 e. The van der Waals surface area contributed by atoms with E-state index in [4.69, 9.17) is 0 Å². The highest BCUT2D eigenvalue weighted by Gasteiger charge is 2.41. The molecular formula is C11H15N3O2S. The molecule has 0 radical (unpaired) electrons. The van der Waals surface area contributed by atoms with Gasteiger partial charge in [-0.1, -0.05) is 0 Å². The molecule has 2 aliphatic rings. The summed E-state index contributed by atoms with van der Waals surface area (Å²) in [6.07, 6.45) is 6.78. The molecule has 0 saturated heterocycles. The summed E-state index contributed by atoms with van der Waals surface area (Å²) >= 11 is 1.13. The minimum atomic E-state index is -0.387.